The first-order valence-electron chi connectivity index (χ1n) is 10.1. The first-order chi connectivity index (χ1) is 14.8. The molecule has 0 spiro atoms. The van der Waals surface area contributed by atoms with E-state index < -0.39 is 14.8 Å². The smallest absolute Gasteiger partial charge is 0.199 e. The van der Waals surface area contributed by atoms with Crippen molar-refractivity contribution in [2.24, 2.45) is 4.40 Å². The fraction of sp³-hybridized carbons (Fsp3) is 0.192. The molecule has 3 aromatic rings. The zero-order valence-corrected chi connectivity index (χ0v) is 19.7. The zero-order chi connectivity index (χ0) is 22.5. The molecule has 3 aromatic carbocycles. The molecular formula is C26H27NO2S2. The molecule has 160 valence electrons. The van der Waals surface area contributed by atoms with Crippen molar-refractivity contribution in [2.45, 2.75) is 41.7 Å². The summed E-state index contributed by atoms with van der Waals surface area (Å²) in [6.45, 7) is 9.99. The summed E-state index contributed by atoms with van der Waals surface area (Å²) in [7, 11) is -3.82. The van der Waals surface area contributed by atoms with E-state index in [1.54, 1.807) is 42.2 Å². The van der Waals surface area contributed by atoms with Gasteiger partial charge < -0.3 is 0 Å². The number of hydrogen-bond donors (Lipinski definition) is 0. The molecule has 5 heteroatoms. The predicted molar refractivity (Wildman–Crippen MR) is 132 cm³/mol. The summed E-state index contributed by atoms with van der Waals surface area (Å²) >= 11 is 1.60. The normalized spacial score (nSPS) is 13.8. The van der Waals surface area contributed by atoms with Gasteiger partial charge in [0.2, 0.25) is 0 Å². The number of nitrogens with zero attached hydrogens (tertiary/aromatic N) is 1. The van der Waals surface area contributed by atoms with Crippen molar-refractivity contribution >= 4 is 28.0 Å². The molecule has 3 nitrogen and oxygen atoms in total. The van der Waals surface area contributed by atoms with Crippen molar-refractivity contribution in [2.75, 3.05) is 0 Å². The molecule has 0 aliphatic rings. The van der Waals surface area contributed by atoms with Gasteiger partial charge in [-0.2, -0.15) is 12.8 Å². The Labute approximate surface area is 190 Å². The van der Waals surface area contributed by atoms with Crippen LogP contribution in [0.15, 0.2) is 99.6 Å². The van der Waals surface area contributed by atoms with Crippen LogP contribution in [0.2, 0.25) is 0 Å². The Morgan fingerprint density at radius 2 is 1.58 bits per heavy atom. The van der Waals surface area contributed by atoms with Crippen LogP contribution in [0.25, 0.3) is 0 Å². The van der Waals surface area contributed by atoms with E-state index in [9.17, 15) is 8.42 Å². The Balaban J connectivity index is 2.11. The Morgan fingerprint density at radius 1 is 0.935 bits per heavy atom. The minimum absolute atomic E-state index is 0.187. The standard InChI is InChI=1S/C26H27NO2S2/c1-5-17-26(23-9-7-6-8-10-23,30-25-16-13-21(3)18-22(25)4)19-27-31(28,29)24-14-11-20(2)12-15-24/h5-16,18-19H,1,17H2,2-4H3/b27-19+. The topological polar surface area (TPSA) is 46.5 Å². The van der Waals surface area contributed by atoms with Gasteiger partial charge in [0.1, 0.15) is 0 Å². The first-order valence-corrected chi connectivity index (χ1v) is 12.3. The number of benzene rings is 3. The monoisotopic (exact) mass is 449 g/mol. The third-order valence-electron chi connectivity index (χ3n) is 5.05. The molecule has 1 atom stereocenters. The molecule has 0 bridgehead atoms. The van der Waals surface area contributed by atoms with Crippen LogP contribution in [0, 0.1) is 20.8 Å². The van der Waals surface area contributed by atoms with Crippen molar-refractivity contribution < 1.29 is 8.42 Å². The lowest BCUT2D eigenvalue weighted by atomic mass is 9.96. The van der Waals surface area contributed by atoms with Gasteiger partial charge in [0, 0.05) is 11.1 Å². The van der Waals surface area contributed by atoms with Crippen LogP contribution in [-0.4, -0.2) is 14.6 Å². The lowest BCUT2D eigenvalue weighted by molar-refractivity contribution is 0.598. The van der Waals surface area contributed by atoms with E-state index in [1.807, 2.05) is 43.3 Å². The van der Waals surface area contributed by atoms with Crippen molar-refractivity contribution in [1.82, 2.24) is 0 Å². The molecule has 0 aromatic heterocycles. The lowest BCUT2D eigenvalue weighted by Gasteiger charge is -2.29. The molecule has 0 saturated carbocycles. The highest BCUT2D eigenvalue weighted by Gasteiger charge is 2.32. The van der Waals surface area contributed by atoms with Gasteiger partial charge in [-0.3, -0.25) is 0 Å². The van der Waals surface area contributed by atoms with Crippen LogP contribution in [0.4, 0.5) is 0 Å². The molecule has 0 aliphatic heterocycles. The van der Waals surface area contributed by atoms with Crippen molar-refractivity contribution in [3.8, 4) is 0 Å². The van der Waals surface area contributed by atoms with Gasteiger partial charge in [-0.1, -0.05) is 71.8 Å². The van der Waals surface area contributed by atoms with Crippen molar-refractivity contribution in [1.29, 1.82) is 0 Å². The van der Waals surface area contributed by atoms with Gasteiger partial charge in [-0.15, -0.1) is 18.3 Å². The second kappa shape index (κ2) is 9.67. The summed E-state index contributed by atoms with van der Waals surface area (Å²) in [5.41, 5.74) is 4.30. The van der Waals surface area contributed by atoms with Crippen LogP contribution < -0.4 is 0 Å². The summed E-state index contributed by atoms with van der Waals surface area (Å²) in [5, 5.41) is 0. The number of sulfonamides is 1. The highest BCUT2D eigenvalue weighted by Crippen LogP contribution is 2.44. The molecule has 0 aliphatic carbocycles. The largest absolute Gasteiger partial charge is 0.282 e. The summed E-state index contributed by atoms with van der Waals surface area (Å²) in [4.78, 5) is 1.27. The third-order valence-corrected chi connectivity index (χ3v) is 7.85. The molecule has 0 saturated heterocycles. The minimum atomic E-state index is -3.82. The molecule has 1 unspecified atom stereocenters. The summed E-state index contributed by atoms with van der Waals surface area (Å²) in [5.74, 6) is 0. The van der Waals surface area contributed by atoms with Gasteiger partial charge in [-0.05, 0) is 56.5 Å². The van der Waals surface area contributed by atoms with E-state index in [0.29, 0.717) is 6.42 Å². The van der Waals surface area contributed by atoms with Gasteiger partial charge in [-0.25, -0.2) is 0 Å². The van der Waals surface area contributed by atoms with Crippen LogP contribution >= 0.6 is 11.8 Å². The first kappa shape index (κ1) is 23.0. The van der Waals surface area contributed by atoms with Gasteiger partial charge in [0.25, 0.3) is 10.0 Å². The van der Waals surface area contributed by atoms with E-state index in [4.69, 9.17) is 0 Å². The number of aryl methyl sites for hydroxylation is 3. The van der Waals surface area contributed by atoms with E-state index >= 15 is 0 Å². The highest BCUT2D eigenvalue weighted by atomic mass is 32.2. The average molecular weight is 450 g/mol. The van der Waals surface area contributed by atoms with E-state index in [-0.39, 0.29) is 4.90 Å². The maximum absolute atomic E-state index is 13.0. The van der Waals surface area contributed by atoms with Crippen LogP contribution in [0.1, 0.15) is 28.7 Å². The molecule has 31 heavy (non-hydrogen) atoms. The van der Waals surface area contributed by atoms with Crippen molar-refractivity contribution in [3.63, 3.8) is 0 Å². The molecule has 0 heterocycles. The number of thioether (sulfide) groups is 1. The Morgan fingerprint density at radius 3 is 2.19 bits per heavy atom. The van der Waals surface area contributed by atoms with Gasteiger partial charge >= 0.3 is 0 Å². The zero-order valence-electron chi connectivity index (χ0n) is 18.1. The highest BCUT2D eigenvalue weighted by molar-refractivity contribution is 8.01. The summed E-state index contributed by atoms with van der Waals surface area (Å²) < 4.78 is 29.4. The maximum Gasteiger partial charge on any atom is 0.282 e. The number of rotatable bonds is 8. The predicted octanol–water partition coefficient (Wildman–Crippen LogP) is 6.64. The Hall–Kier alpha value is -2.63. The van der Waals surface area contributed by atoms with Crippen LogP contribution in [-0.2, 0) is 14.8 Å². The minimum Gasteiger partial charge on any atom is -0.199 e. The second-order valence-electron chi connectivity index (χ2n) is 7.64. The van der Waals surface area contributed by atoms with Crippen LogP contribution in [0.5, 0.6) is 0 Å². The Bertz CT molecular complexity index is 1180. The average Bonchev–Trinajstić information content (AvgIpc) is 2.75. The van der Waals surface area contributed by atoms with Crippen LogP contribution in [0.3, 0.4) is 0 Å². The van der Waals surface area contributed by atoms with Crippen molar-refractivity contribution in [3.05, 3.63) is 108 Å². The molecular weight excluding hydrogens is 422 g/mol. The quantitative estimate of drug-likeness (QED) is 0.220. The second-order valence-corrected chi connectivity index (χ2v) is 10.6. The molecule has 0 N–H and O–H groups in total. The summed E-state index contributed by atoms with van der Waals surface area (Å²) in [6, 6.07) is 22.9. The third kappa shape index (κ3) is 5.54. The van der Waals surface area contributed by atoms with E-state index in [1.165, 1.54) is 5.56 Å². The van der Waals surface area contributed by atoms with Gasteiger partial charge in [0.05, 0.1) is 9.64 Å². The summed E-state index contributed by atoms with van der Waals surface area (Å²) in [6.07, 6.45) is 3.92. The fourth-order valence-corrected chi connectivity index (χ4v) is 5.64. The molecule has 0 amide bonds. The van der Waals surface area contributed by atoms with E-state index in [0.717, 1.165) is 21.6 Å². The number of hydrogen-bond acceptors (Lipinski definition) is 3. The van der Waals surface area contributed by atoms with E-state index in [2.05, 4.69) is 43.0 Å². The molecule has 3 rings (SSSR count). The molecule has 0 fully saturated rings. The Kier molecular flexibility index (Phi) is 7.19. The maximum atomic E-state index is 13.0. The fourth-order valence-electron chi connectivity index (χ4n) is 3.34. The number of allylic oxidation sites excluding steroid dienone is 1. The molecule has 0 radical (unpaired) electrons. The lowest BCUT2D eigenvalue weighted by Crippen LogP contribution is -2.24. The SMILES string of the molecule is C=CCC(/C=N/S(=O)(=O)c1ccc(C)cc1)(Sc1ccc(C)cc1C)c1ccccc1. The van der Waals surface area contributed by atoms with Gasteiger partial charge in [0.15, 0.2) is 0 Å².